The highest BCUT2D eigenvalue weighted by Gasteiger charge is 1.98. The van der Waals surface area contributed by atoms with Crippen LogP contribution in [0.2, 0.25) is 0 Å². The van der Waals surface area contributed by atoms with Crippen LogP contribution in [0.15, 0.2) is 33.6 Å². The average molecular weight is 241 g/mol. The molecule has 0 fully saturated rings. The average Bonchev–Trinajstić information content (AvgIpc) is 2.58. The second-order valence-electron chi connectivity index (χ2n) is 2.25. The Kier molecular flexibility index (Phi) is 2.19. The van der Waals surface area contributed by atoms with E-state index in [0.29, 0.717) is 0 Å². The van der Waals surface area contributed by atoms with E-state index >= 15 is 0 Å². The highest BCUT2D eigenvalue weighted by atomic mass is 79.9. The zero-order chi connectivity index (χ0) is 8.39. The normalized spacial score (nSPS) is 10.1. The zero-order valence-electron chi connectivity index (χ0n) is 6.07. The Morgan fingerprint density at radius 3 is 2.67 bits per heavy atom. The van der Waals surface area contributed by atoms with Gasteiger partial charge in [0.1, 0.15) is 4.60 Å². The summed E-state index contributed by atoms with van der Waals surface area (Å²) in [5, 5.41) is 12.0. The van der Waals surface area contributed by atoms with Gasteiger partial charge in [-0.15, -0.1) is 10.2 Å². The third-order valence-electron chi connectivity index (χ3n) is 1.45. The Morgan fingerprint density at radius 2 is 2.08 bits per heavy atom. The zero-order valence-corrected chi connectivity index (χ0v) is 8.47. The van der Waals surface area contributed by atoms with E-state index in [-0.39, 0.29) is 0 Å². The maximum atomic E-state index is 4.03. The Hall–Kier alpha value is -0.740. The minimum absolute atomic E-state index is 0.765. The number of hydrogen-bond acceptors (Lipinski definition) is 3. The Bertz CT molecular complexity index is 355. The smallest absolute Gasteiger partial charge is 0.128 e. The van der Waals surface area contributed by atoms with Crippen LogP contribution >= 0.6 is 27.3 Å². The largest absolute Gasteiger partial charge is 0.152 e. The van der Waals surface area contributed by atoms with Crippen LogP contribution in [0.3, 0.4) is 0 Å². The lowest BCUT2D eigenvalue weighted by Crippen LogP contribution is -1.84. The lowest BCUT2D eigenvalue weighted by atomic mass is 10.2. The molecule has 0 aliphatic rings. The summed E-state index contributed by atoms with van der Waals surface area (Å²) in [4.78, 5) is 0. The third kappa shape index (κ3) is 1.54. The van der Waals surface area contributed by atoms with Gasteiger partial charge in [0.25, 0.3) is 0 Å². The first-order valence-electron chi connectivity index (χ1n) is 3.38. The van der Waals surface area contributed by atoms with E-state index < -0.39 is 0 Å². The molecule has 60 valence electrons. The molecule has 0 radical (unpaired) electrons. The molecule has 0 saturated carbocycles. The summed E-state index contributed by atoms with van der Waals surface area (Å²) < 4.78 is 0.765. The predicted octanol–water partition coefficient (Wildman–Crippen LogP) is 2.97. The number of aromatic nitrogens is 2. The second kappa shape index (κ2) is 3.33. The fourth-order valence-corrected chi connectivity index (χ4v) is 1.74. The van der Waals surface area contributed by atoms with Crippen LogP contribution in [0.5, 0.6) is 0 Å². The molecule has 0 aliphatic heterocycles. The summed E-state index contributed by atoms with van der Waals surface area (Å²) in [7, 11) is 0. The van der Waals surface area contributed by atoms with Crippen molar-refractivity contribution in [3.63, 3.8) is 0 Å². The highest BCUT2D eigenvalue weighted by Crippen LogP contribution is 2.19. The fourth-order valence-electron chi connectivity index (χ4n) is 0.880. The van der Waals surface area contributed by atoms with Gasteiger partial charge >= 0.3 is 0 Å². The topological polar surface area (TPSA) is 25.8 Å². The maximum Gasteiger partial charge on any atom is 0.128 e. The molecule has 0 N–H and O–H groups in total. The summed E-state index contributed by atoms with van der Waals surface area (Å²) in [5.41, 5.74) is 2.04. The number of rotatable bonds is 1. The summed E-state index contributed by atoms with van der Waals surface area (Å²) in [6.07, 6.45) is 0. The molecule has 0 bridgehead atoms. The summed E-state index contributed by atoms with van der Waals surface area (Å²) in [5.74, 6) is 0. The number of thiophene rings is 1. The number of halogens is 1. The summed E-state index contributed by atoms with van der Waals surface area (Å²) >= 11 is 4.90. The fraction of sp³-hybridized carbons (Fsp3) is 0. The third-order valence-corrected chi connectivity index (χ3v) is 2.56. The molecule has 2 nitrogen and oxygen atoms in total. The van der Waals surface area contributed by atoms with Crippen LogP contribution in [-0.2, 0) is 0 Å². The van der Waals surface area contributed by atoms with Crippen LogP contribution < -0.4 is 0 Å². The van der Waals surface area contributed by atoms with E-state index in [4.69, 9.17) is 0 Å². The molecule has 2 aromatic rings. The van der Waals surface area contributed by atoms with Crippen LogP contribution in [-0.4, -0.2) is 10.2 Å². The van der Waals surface area contributed by atoms with E-state index in [0.717, 1.165) is 15.9 Å². The molecule has 12 heavy (non-hydrogen) atoms. The minimum atomic E-state index is 0.765. The van der Waals surface area contributed by atoms with Crippen molar-refractivity contribution in [2.75, 3.05) is 0 Å². The van der Waals surface area contributed by atoms with E-state index in [1.54, 1.807) is 11.3 Å². The first-order chi connectivity index (χ1) is 5.86. The van der Waals surface area contributed by atoms with Crippen molar-refractivity contribution < 1.29 is 0 Å². The Balaban J connectivity index is 2.43. The summed E-state index contributed by atoms with van der Waals surface area (Å²) in [6, 6.07) is 5.86. The van der Waals surface area contributed by atoms with E-state index in [9.17, 15) is 0 Å². The number of hydrogen-bond donors (Lipinski definition) is 0. The van der Waals surface area contributed by atoms with Gasteiger partial charge in [-0.05, 0) is 39.5 Å². The molecule has 0 saturated heterocycles. The van der Waals surface area contributed by atoms with Crippen molar-refractivity contribution in [1.82, 2.24) is 10.2 Å². The molecule has 2 rings (SSSR count). The van der Waals surface area contributed by atoms with Gasteiger partial charge < -0.3 is 0 Å². The molecular formula is C8H5BrN2S. The van der Waals surface area contributed by atoms with Gasteiger partial charge in [-0.2, -0.15) is 11.3 Å². The first kappa shape index (κ1) is 7.89. The van der Waals surface area contributed by atoms with Gasteiger partial charge in [0.2, 0.25) is 0 Å². The second-order valence-corrected chi connectivity index (χ2v) is 3.85. The molecule has 0 aromatic carbocycles. The van der Waals surface area contributed by atoms with Crippen molar-refractivity contribution in [3.8, 4) is 11.3 Å². The van der Waals surface area contributed by atoms with Crippen LogP contribution in [0, 0.1) is 0 Å². The van der Waals surface area contributed by atoms with Crippen molar-refractivity contribution in [2.24, 2.45) is 0 Å². The standard InChI is InChI=1S/C8H5BrN2S/c9-8-2-1-7(10-11-8)6-3-4-12-5-6/h1-5H. The number of nitrogens with zero attached hydrogens (tertiary/aromatic N) is 2. The van der Waals surface area contributed by atoms with Gasteiger partial charge in [0.15, 0.2) is 0 Å². The molecule has 2 heterocycles. The van der Waals surface area contributed by atoms with E-state index in [1.165, 1.54) is 0 Å². The van der Waals surface area contributed by atoms with Crippen molar-refractivity contribution >= 4 is 27.3 Å². The van der Waals surface area contributed by atoms with Gasteiger partial charge in [0, 0.05) is 10.9 Å². The minimum Gasteiger partial charge on any atom is -0.152 e. The van der Waals surface area contributed by atoms with E-state index in [1.807, 2.05) is 23.6 Å². The van der Waals surface area contributed by atoms with Crippen LogP contribution in [0.1, 0.15) is 0 Å². The molecule has 0 unspecified atom stereocenters. The van der Waals surface area contributed by atoms with Gasteiger partial charge in [-0.1, -0.05) is 0 Å². The molecule has 2 aromatic heterocycles. The van der Waals surface area contributed by atoms with E-state index in [2.05, 4.69) is 31.5 Å². The van der Waals surface area contributed by atoms with Crippen molar-refractivity contribution in [1.29, 1.82) is 0 Å². The molecule has 0 spiro atoms. The van der Waals surface area contributed by atoms with Crippen LogP contribution in [0.25, 0.3) is 11.3 Å². The van der Waals surface area contributed by atoms with Gasteiger partial charge in [-0.3, -0.25) is 0 Å². The predicted molar refractivity (Wildman–Crippen MR) is 53.0 cm³/mol. The van der Waals surface area contributed by atoms with Gasteiger partial charge in [-0.25, -0.2) is 0 Å². The quantitative estimate of drug-likeness (QED) is 0.767. The Morgan fingerprint density at radius 1 is 1.17 bits per heavy atom. The first-order valence-corrected chi connectivity index (χ1v) is 5.11. The van der Waals surface area contributed by atoms with Crippen molar-refractivity contribution in [3.05, 3.63) is 33.6 Å². The summed E-state index contributed by atoms with van der Waals surface area (Å²) in [6.45, 7) is 0. The monoisotopic (exact) mass is 240 g/mol. The van der Waals surface area contributed by atoms with Gasteiger partial charge in [0.05, 0.1) is 5.69 Å². The molecule has 0 atom stereocenters. The lowest BCUT2D eigenvalue weighted by molar-refractivity contribution is 1.01. The Labute approximate surface area is 82.4 Å². The molecule has 0 aliphatic carbocycles. The maximum absolute atomic E-state index is 4.03. The van der Waals surface area contributed by atoms with Crippen molar-refractivity contribution in [2.45, 2.75) is 0 Å². The highest BCUT2D eigenvalue weighted by molar-refractivity contribution is 9.10. The lowest BCUT2D eigenvalue weighted by Gasteiger charge is -1.93. The molecule has 0 amide bonds. The molecular weight excluding hydrogens is 236 g/mol. The SMILES string of the molecule is Brc1ccc(-c2ccsc2)nn1. The molecule has 4 heteroatoms. The van der Waals surface area contributed by atoms with Crippen LogP contribution in [0.4, 0.5) is 0 Å².